The van der Waals surface area contributed by atoms with Crippen LogP contribution in [0.15, 0.2) is 40.9 Å². The number of hydrogen-bond donors (Lipinski definition) is 1. The van der Waals surface area contributed by atoms with E-state index >= 15 is 0 Å². The van der Waals surface area contributed by atoms with Gasteiger partial charge in [-0.15, -0.1) is 0 Å². The van der Waals surface area contributed by atoms with Crippen molar-refractivity contribution in [1.82, 2.24) is 0 Å². The molecule has 0 fully saturated rings. The number of fused-ring (bicyclic) bond motifs is 1. The minimum Gasteiger partial charge on any atom is -0.320 e. The highest BCUT2D eigenvalue weighted by atomic mass is 79.9. The van der Waals surface area contributed by atoms with Gasteiger partial charge in [-0.25, -0.2) is 0 Å². The minimum absolute atomic E-state index is 0.174. The van der Waals surface area contributed by atoms with Crippen LogP contribution in [0.4, 0.5) is 0 Å². The predicted molar refractivity (Wildman–Crippen MR) is 88.3 cm³/mol. The molecule has 2 aromatic rings. The van der Waals surface area contributed by atoms with Gasteiger partial charge >= 0.3 is 0 Å². The summed E-state index contributed by atoms with van der Waals surface area (Å²) in [5.41, 5.74) is 11.5. The van der Waals surface area contributed by atoms with Gasteiger partial charge in [0, 0.05) is 4.47 Å². The lowest BCUT2D eigenvalue weighted by Gasteiger charge is -2.20. The lowest BCUT2D eigenvalue weighted by Crippen LogP contribution is -2.14. The molecule has 1 nitrogen and oxygen atoms in total. The van der Waals surface area contributed by atoms with Crippen molar-refractivity contribution >= 4 is 27.5 Å². The highest BCUT2D eigenvalue weighted by Gasteiger charge is 2.16. The average Bonchev–Trinajstić information content (AvgIpc) is 2.49. The first-order valence-electron chi connectivity index (χ1n) is 6.98. The molecule has 0 aromatic heterocycles. The smallest absolute Gasteiger partial charge is 0.0599 e. The van der Waals surface area contributed by atoms with E-state index in [0.717, 1.165) is 15.6 Å². The molecule has 3 heteroatoms. The van der Waals surface area contributed by atoms with Crippen molar-refractivity contribution in [3.63, 3.8) is 0 Å². The molecule has 104 valence electrons. The van der Waals surface area contributed by atoms with Gasteiger partial charge in [-0.3, -0.25) is 0 Å². The molecule has 20 heavy (non-hydrogen) atoms. The maximum absolute atomic E-state index is 6.41. The van der Waals surface area contributed by atoms with E-state index < -0.39 is 0 Å². The van der Waals surface area contributed by atoms with Crippen LogP contribution in [0.1, 0.15) is 41.1 Å². The summed E-state index contributed by atoms with van der Waals surface area (Å²) in [5, 5.41) is 0.706. The molecule has 1 aliphatic rings. The van der Waals surface area contributed by atoms with Crippen molar-refractivity contribution in [3.05, 3.63) is 68.1 Å². The third-order valence-electron chi connectivity index (χ3n) is 4.05. The standard InChI is InChI=1S/C17H17BrClN/c18-15-7-3-6-14(16(15)19)17(20)13-9-8-11-4-1-2-5-12(11)10-13/h3,6-10,17H,1-2,4-5,20H2. The fourth-order valence-corrected chi connectivity index (χ4v) is 3.51. The summed E-state index contributed by atoms with van der Waals surface area (Å²) in [6, 6.07) is 12.4. The van der Waals surface area contributed by atoms with Gasteiger partial charge in [0.1, 0.15) is 0 Å². The molecule has 1 atom stereocenters. The second kappa shape index (κ2) is 5.88. The number of hydrogen-bond acceptors (Lipinski definition) is 1. The Morgan fingerprint density at radius 2 is 1.80 bits per heavy atom. The fourth-order valence-electron chi connectivity index (χ4n) is 2.89. The fraction of sp³-hybridized carbons (Fsp3) is 0.294. The summed E-state index contributed by atoms with van der Waals surface area (Å²) in [7, 11) is 0. The molecule has 1 aliphatic carbocycles. The van der Waals surface area contributed by atoms with Crippen molar-refractivity contribution in [1.29, 1.82) is 0 Å². The van der Waals surface area contributed by atoms with Gasteiger partial charge in [0.2, 0.25) is 0 Å². The third kappa shape index (κ3) is 2.65. The molecule has 3 rings (SSSR count). The molecule has 0 bridgehead atoms. The van der Waals surface area contributed by atoms with Crippen molar-refractivity contribution in [2.24, 2.45) is 5.73 Å². The Balaban J connectivity index is 1.98. The Kier molecular flexibility index (Phi) is 4.16. The zero-order valence-corrected chi connectivity index (χ0v) is 13.5. The zero-order valence-electron chi connectivity index (χ0n) is 11.2. The molecule has 2 N–H and O–H groups in total. The Morgan fingerprint density at radius 3 is 2.60 bits per heavy atom. The van der Waals surface area contributed by atoms with Crippen LogP contribution in [0.2, 0.25) is 5.02 Å². The van der Waals surface area contributed by atoms with Crippen molar-refractivity contribution < 1.29 is 0 Å². The number of benzene rings is 2. The first-order valence-corrected chi connectivity index (χ1v) is 8.15. The van der Waals surface area contributed by atoms with Crippen LogP contribution >= 0.6 is 27.5 Å². The Hall–Kier alpha value is -0.830. The summed E-state index contributed by atoms with van der Waals surface area (Å²) in [4.78, 5) is 0. The summed E-state index contributed by atoms with van der Waals surface area (Å²) in [6.07, 6.45) is 4.95. The summed E-state index contributed by atoms with van der Waals surface area (Å²) in [6.45, 7) is 0. The lowest BCUT2D eigenvalue weighted by atomic mass is 9.88. The van der Waals surface area contributed by atoms with Gasteiger partial charge in [0.05, 0.1) is 11.1 Å². The molecule has 0 spiro atoms. The van der Waals surface area contributed by atoms with Gasteiger partial charge in [-0.05, 0) is 69.9 Å². The number of aryl methyl sites for hydroxylation is 2. The molecule has 0 radical (unpaired) electrons. The van der Waals surface area contributed by atoms with E-state index in [1.807, 2.05) is 18.2 Å². The van der Waals surface area contributed by atoms with E-state index in [0.29, 0.717) is 5.02 Å². The van der Waals surface area contributed by atoms with Crippen molar-refractivity contribution in [2.75, 3.05) is 0 Å². The topological polar surface area (TPSA) is 26.0 Å². The van der Waals surface area contributed by atoms with Gasteiger partial charge in [0.25, 0.3) is 0 Å². The molecule has 0 saturated carbocycles. The largest absolute Gasteiger partial charge is 0.320 e. The summed E-state index contributed by atoms with van der Waals surface area (Å²) in [5.74, 6) is 0. The molecule has 0 saturated heterocycles. The van der Waals surface area contributed by atoms with E-state index in [2.05, 4.69) is 34.1 Å². The van der Waals surface area contributed by atoms with Crippen LogP contribution in [0.25, 0.3) is 0 Å². The normalized spacial score (nSPS) is 15.8. The Morgan fingerprint density at radius 1 is 1.05 bits per heavy atom. The first-order chi connectivity index (χ1) is 9.66. The quantitative estimate of drug-likeness (QED) is 0.807. The number of rotatable bonds is 2. The highest BCUT2D eigenvalue weighted by Crippen LogP contribution is 2.33. The average molecular weight is 351 g/mol. The van der Waals surface area contributed by atoms with Crippen molar-refractivity contribution in [3.8, 4) is 0 Å². The maximum atomic E-state index is 6.41. The van der Waals surface area contributed by atoms with Gasteiger partial charge < -0.3 is 5.73 Å². The van der Waals surface area contributed by atoms with Gasteiger partial charge in [-0.2, -0.15) is 0 Å². The van der Waals surface area contributed by atoms with Crippen LogP contribution in [0.5, 0.6) is 0 Å². The van der Waals surface area contributed by atoms with E-state index in [-0.39, 0.29) is 6.04 Å². The first kappa shape index (κ1) is 14.1. The molecular weight excluding hydrogens is 334 g/mol. The molecule has 2 aromatic carbocycles. The summed E-state index contributed by atoms with van der Waals surface area (Å²) >= 11 is 9.81. The van der Waals surface area contributed by atoms with Gasteiger partial charge in [-0.1, -0.05) is 41.9 Å². The zero-order chi connectivity index (χ0) is 14.1. The van der Waals surface area contributed by atoms with Crippen LogP contribution < -0.4 is 5.73 Å². The monoisotopic (exact) mass is 349 g/mol. The van der Waals surface area contributed by atoms with E-state index in [9.17, 15) is 0 Å². The van der Waals surface area contributed by atoms with E-state index in [4.69, 9.17) is 17.3 Å². The molecule has 0 amide bonds. The number of halogens is 2. The molecular formula is C17H17BrClN. The second-order valence-electron chi connectivity index (χ2n) is 5.36. The van der Waals surface area contributed by atoms with Crippen LogP contribution in [-0.2, 0) is 12.8 Å². The number of nitrogens with two attached hydrogens (primary N) is 1. The van der Waals surface area contributed by atoms with Crippen LogP contribution in [0, 0.1) is 0 Å². The molecule has 0 aliphatic heterocycles. The second-order valence-corrected chi connectivity index (χ2v) is 6.59. The minimum atomic E-state index is -0.174. The highest BCUT2D eigenvalue weighted by molar-refractivity contribution is 9.10. The Labute approximate surface area is 133 Å². The molecule has 0 heterocycles. The van der Waals surface area contributed by atoms with Crippen LogP contribution in [-0.4, -0.2) is 0 Å². The lowest BCUT2D eigenvalue weighted by molar-refractivity contribution is 0.682. The van der Waals surface area contributed by atoms with Crippen molar-refractivity contribution in [2.45, 2.75) is 31.7 Å². The molecule has 1 unspecified atom stereocenters. The van der Waals surface area contributed by atoms with E-state index in [1.165, 1.54) is 36.8 Å². The van der Waals surface area contributed by atoms with Gasteiger partial charge in [0.15, 0.2) is 0 Å². The van der Waals surface area contributed by atoms with E-state index in [1.54, 1.807) is 0 Å². The predicted octanol–water partition coefficient (Wildman–Crippen LogP) is 5.03. The van der Waals surface area contributed by atoms with Crippen LogP contribution in [0.3, 0.4) is 0 Å². The summed E-state index contributed by atoms with van der Waals surface area (Å²) < 4.78 is 0.894. The SMILES string of the molecule is NC(c1ccc2c(c1)CCCC2)c1cccc(Br)c1Cl. The maximum Gasteiger partial charge on any atom is 0.0599 e. The Bertz CT molecular complexity index is 639. The third-order valence-corrected chi connectivity index (χ3v) is 5.36.